The van der Waals surface area contributed by atoms with Gasteiger partial charge in [0.1, 0.15) is 11.3 Å². The molecule has 2 rings (SSSR count). The number of hydrogen-bond acceptors (Lipinski definition) is 4. The normalized spacial score (nSPS) is 13.8. The van der Waals surface area contributed by atoms with Crippen LogP contribution in [0.15, 0.2) is 28.7 Å². The van der Waals surface area contributed by atoms with Gasteiger partial charge < -0.3 is 9.73 Å². The Morgan fingerprint density at radius 1 is 1.30 bits per heavy atom. The number of furan rings is 1. The molecule has 0 unspecified atom stereocenters. The molecule has 0 aliphatic heterocycles. The molecule has 1 heterocycles. The van der Waals surface area contributed by atoms with Crippen molar-refractivity contribution in [2.24, 2.45) is 0 Å². The largest absolute Gasteiger partial charge is 0.459 e. The van der Waals surface area contributed by atoms with Crippen molar-refractivity contribution >= 4 is 20.8 Å². The van der Waals surface area contributed by atoms with Gasteiger partial charge in [0.25, 0.3) is 0 Å². The third-order valence-corrected chi connectivity index (χ3v) is 5.28. The van der Waals surface area contributed by atoms with Gasteiger partial charge in [0.2, 0.25) is 0 Å². The van der Waals surface area contributed by atoms with Crippen molar-refractivity contribution in [3.8, 4) is 0 Å². The third-order valence-electron chi connectivity index (χ3n) is 3.58. The minimum atomic E-state index is -2.93. The second-order valence-electron chi connectivity index (χ2n) is 5.00. The summed E-state index contributed by atoms with van der Waals surface area (Å²) < 4.78 is 28.8. The lowest BCUT2D eigenvalue weighted by Crippen LogP contribution is -2.26. The van der Waals surface area contributed by atoms with E-state index in [0.29, 0.717) is 6.54 Å². The average Bonchev–Trinajstić information content (AvgIpc) is 2.76. The van der Waals surface area contributed by atoms with E-state index in [4.69, 9.17) is 4.42 Å². The Morgan fingerprint density at radius 2 is 2.00 bits per heavy atom. The van der Waals surface area contributed by atoms with E-state index >= 15 is 0 Å². The molecule has 4 nitrogen and oxygen atoms in total. The van der Waals surface area contributed by atoms with E-state index in [9.17, 15) is 8.42 Å². The van der Waals surface area contributed by atoms with Gasteiger partial charge in [0.15, 0.2) is 9.84 Å². The van der Waals surface area contributed by atoms with Crippen LogP contribution in [0.1, 0.15) is 31.2 Å². The van der Waals surface area contributed by atoms with Gasteiger partial charge in [-0.15, -0.1) is 0 Å². The molecule has 110 valence electrons. The lowest BCUT2D eigenvalue weighted by Gasteiger charge is -2.12. The predicted octanol–water partition coefficient (Wildman–Crippen LogP) is 2.83. The Bertz CT molecular complexity index is 688. The van der Waals surface area contributed by atoms with Crippen LogP contribution in [0, 0.1) is 6.92 Å². The molecule has 0 bridgehead atoms. The lowest BCUT2D eigenvalue weighted by atomic mass is 10.1. The van der Waals surface area contributed by atoms with Crippen molar-refractivity contribution in [1.82, 2.24) is 5.32 Å². The van der Waals surface area contributed by atoms with Gasteiger partial charge in [-0.2, -0.15) is 0 Å². The first-order chi connectivity index (χ1) is 9.44. The summed E-state index contributed by atoms with van der Waals surface area (Å²) in [6.45, 7) is 6.13. The van der Waals surface area contributed by atoms with Gasteiger partial charge in [-0.1, -0.05) is 25.1 Å². The molecule has 1 aromatic carbocycles. The van der Waals surface area contributed by atoms with E-state index < -0.39 is 9.84 Å². The highest BCUT2D eigenvalue weighted by molar-refractivity contribution is 7.91. The van der Waals surface area contributed by atoms with Crippen molar-refractivity contribution in [3.63, 3.8) is 0 Å². The Labute approximate surface area is 120 Å². The molecule has 0 amide bonds. The van der Waals surface area contributed by atoms with Gasteiger partial charge in [0, 0.05) is 17.7 Å². The molecule has 0 aliphatic rings. The zero-order valence-electron chi connectivity index (χ0n) is 12.1. The Hall–Kier alpha value is -1.33. The SMILES string of the molecule is CCS(=O)(=O)CCN[C@@H](C)c1oc2ccccc2c1C. The van der Waals surface area contributed by atoms with Crippen LogP contribution in [-0.4, -0.2) is 26.5 Å². The zero-order chi connectivity index (χ0) is 14.8. The number of hydrogen-bond donors (Lipinski definition) is 1. The van der Waals surface area contributed by atoms with E-state index in [1.54, 1.807) is 6.92 Å². The van der Waals surface area contributed by atoms with Crippen LogP contribution in [0.25, 0.3) is 11.0 Å². The van der Waals surface area contributed by atoms with Crippen molar-refractivity contribution in [1.29, 1.82) is 0 Å². The lowest BCUT2D eigenvalue weighted by molar-refractivity contribution is 0.455. The van der Waals surface area contributed by atoms with Crippen LogP contribution in [-0.2, 0) is 9.84 Å². The molecule has 1 aromatic heterocycles. The first kappa shape index (κ1) is 15.1. The smallest absolute Gasteiger partial charge is 0.151 e. The topological polar surface area (TPSA) is 59.3 Å². The van der Waals surface area contributed by atoms with Crippen LogP contribution < -0.4 is 5.32 Å². The maximum Gasteiger partial charge on any atom is 0.151 e. The van der Waals surface area contributed by atoms with E-state index in [2.05, 4.69) is 5.32 Å². The molecule has 0 saturated carbocycles. The van der Waals surface area contributed by atoms with Gasteiger partial charge >= 0.3 is 0 Å². The first-order valence-electron chi connectivity index (χ1n) is 6.86. The van der Waals surface area contributed by atoms with Crippen LogP contribution in [0.4, 0.5) is 0 Å². The van der Waals surface area contributed by atoms with E-state index in [1.165, 1.54) is 0 Å². The predicted molar refractivity (Wildman–Crippen MR) is 81.7 cm³/mol. The fourth-order valence-electron chi connectivity index (χ4n) is 2.27. The number of rotatable bonds is 6. The average molecular weight is 295 g/mol. The zero-order valence-corrected chi connectivity index (χ0v) is 13.0. The van der Waals surface area contributed by atoms with E-state index in [1.807, 2.05) is 38.1 Å². The summed E-state index contributed by atoms with van der Waals surface area (Å²) in [6, 6.07) is 7.91. The molecule has 0 saturated heterocycles. The number of sulfone groups is 1. The van der Waals surface area contributed by atoms with E-state index in [-0.39, 0.29) is 17.5 Å². The van der Waals surface area contributed by atoms with E-state index in [0.717, 1.165) is 22.3 Å². The molecular formula is C15H21NO3S. The molecular weight excluding hydrogens is 274 g/mol. The minimum Gasteiger partial charge on any atom is -0.459 e. The number of aryl methyl sites for hydroxylation is 1. The maximum atomic E-state index is 11.5. The fourth-order valence-corrected chi connectivity index (χ4v) is 2.99. The standard InChI is InChI=1S/C15H21NO3S/c1-4-20(17,18)10-9-16-12(3)15-11(2)13-7-5-6-8-14(13)19-15/h5-8,12,16H,4,9-10H2,1-3H3/t12-/m0/s1. The molecule has 2 aromatic rings. The van der Waals surface area contributed by atoms with Crippen LogP contribution >= 0.6 is 0 Å². The summed E-state index contributed by atoms with van der Waals surface area (Å²) in [7, 11) is -2.93. The summed E-state index contributed by atoms with van der Waals surface area (Å²) in [5.74, 6) is 1.22. The fraction of sp³-hybridized carbons (Fsp3) is 0.467. The Balaban J connectivity index is 2.08. The van der Waals surface area contributed by atoms with Crippen molar-refractivity contribution in [2.75, 3.05) is 18.1 Å². The van der Waals surface area contributed by atoms with Crippen molar-refractivity contribution in [2.45, 2.75) is 26.8 Å². The number of benzene rings is 1. The van der Waals surface area contributed by atoms with Gasteiger partial charge in [-0.05, 0) is 25.5 Å². The molecule has 20 heavy (non-hydrogen) atoms. The van der Waals surface area contributed by atoms with Crippen molar-refractivity contribution < 1.29 is 12.8 Å². The van der Waals surface area contributed by atoms with Crippen LogP contribution in [0.3, 0.4) is 0 Å². The minimum absolute atomic E-state index is 0.00513. The third kappa shape index (κ3) is 3.22. The number of fused-ring (bicyclic) bond motifs is 1. The summed E-state index contributed by atoms with van der Waals surface area (Å²) in [5, 5.41) is 4.33. The van der Waals surface area contributed by atoms with Crippen LogP contribution in [0.2, 0.25) is 0 Å². The highest BCUT2D eigenvalue weighted by Gasteiger charge is 2.16. The Morgan fingerprint density at radius 3 is 2.65 bits per heavy atom. The summed E-state index contributed by atoms with van der Waals surface area (Å²) in [6.07, 6.45) is 0. The number of nitrogens with one attached hydrogen (secondary N) is 1. The van der Waals surface area contributed by atoms with Crippen molar-refractivity contribution in [3.05, 3.63) is 35.6 Å². The molecule has 0 radical (unpaired) electrons. The molecule has 5 heteroatoms. The Kier molecular flexibility index (Phi) is 4.50. The second-order valence-corrected chi connectivity index (χ2v) is 7.47. The molecule has 0 fully saturated rings. The quantitative estimate of drug-likeness (QED) is 0.890. The summed E-state index contributed by atoms with van der Waals surface area (Å²) >= 11 is 0. The molecule has 1 atom stereocenters. The number of para-hydroxylation sites is 1. The summed E-state index contributed by atoms with van der Waals surface area (Å²) in [5.41, 5.74) is 1.98. The second kappa shape index (κ2) is 5.97. The van der Waals surface area contributed by atoms with Gasteiger partial charge in [-0.3, -0.25) is 0 Å². The van der Waals surface area contributed by atoms with Gasteiger partial charge in [0.05, 0.1) is 11.8 Å². The monoisotopic (exact) mass is 295 g/mol. The van der Waals surface area contributed by atoms with Gasteiger partial charge in [-0.25, -0.2) is 8.42 Å². The first-order valence-corrected chi connectivity index (χ1v) is 8.68. The van der Waals surface area contributed by atoms with Crippen LogP contribution in [0.5, 0.6) is 0 Å². The molecule has 1 N–H and O–H groups in total. The molecule has 0 aliphatic carbocycles. The molecule has 0 spiro atoms. The summed E-state index contributed by atoms with van der Waals surface area (Å²) in [4.78, 5) is 0. The highest BCUT2D eigenvalue weighted by Crippen LogP contribution is 2.28. The maximum absolute atomic E-state index is 11.5. The highest BCUT2D eigenvalue weighted by atomic mass is 32.2.